The third-order valence-electron chi connectivity index (χ3n) is 2.27. The number of halogens is 2. The van der Waals surface area contributed by atoms with E-state index in [9.17, 15) is 4.79 Å². The molecule has 18 heavy (non-hydrogen) atoms. The fraction of sp³-hybridized carbons (Fsp3) is 0.455. The van der Waals surface area contributed by atoms with Crippen molar-refractivity contribution in [3.8, 4) is 0 Å². The Balaban J connectivity index is 2.94. The molecule has 0 radical (unpaired) electrons. The highest BCUT2D eigenvalue weighted by Crippen LogP contribution is 2.29. The molecule has 1 unspecified atom stereocenters. The molecule has 1 aromatic heterocycles. The molecule has 3 N–H and O–H groups in total. The van der Waals surface area contributed by atoms with Crippen molar-refractivity contribution in [2.45, 2.75) is 19.9 Å². The van der Waals surface area contributed by atoms with Gasteiger partial charge in [-0.1, -0.05) is 23.2 Å². The standard InChI is InChI=1S/C11H16Cl2N4O/c1-4-15-9-7(12)5-8(13)10(17-9)16-6(2)11(18)14-3/h5-6H,4H2,1-3H3,(H,14,18)(H2,15,16,17). The van der Waals surface area contributed by atoms with Crippen molar-refractivity contribution in [2.24, 2.45) is 0 Å². The lowest BCUT2D eigenvalue weighted by atomic mass is 10.3. The summed E-state index contributed by atoms with van der Waals surface area (Å²) in [7, 11) is 1.57. The molecule has 0 saturated heterocycles. The lowest BCUT2D eigenvalue weighted by Gasteiger charge is -2.15. The molecule has 0 fully saturated rings. The van der Waals surface area contributed by atoms with Gasteiger partial charge in [0.05, 0.1) is 10.0 Å². The molecule has 100 valence electrons. The Morgan fingerprint density at radius 1 is 1.39 bits per heavy atom. The molecular weight excluding hydrogens is 275 g/mol. The zero-order valence-corrected chi connectivity index (χ0v) is 12.0. The fourth-order valence-corrected chi connectivity index (χ4v) is 1.83. The van der Waals surface area contributed by atoms with Crippen molar-refractivity contribution in [1.29, 1.82) is 0 Å². The molecule has 0 aliphatic carbocycles. The van der Waals surface area contributed by atoms with E-state index in [-0.39, 0.29) is 5.91 Å². The predicted molar refractivity (Wildman–Crippen MR) is 75.6 cm³/mol. The lowest BCUT2D eigenvalue weighted by Crippen LogP contribution is -2.35. The number of aromatic nitrogens is 1. The van der Waals surface area contributed by atoms with Gasteiger partial charge in [-0.25, -0.2) is 4.98 Å². The molecule has 1 heterocycles. The van der Waals surface area contributed by atoms with E-state index in [0.717, 1.165) is 0 Å². The minimum absolute atomic E-state index is 0.146. The van der Waals surface area contributed by atoms with Gasteiger partial charge in [0.25, 0.3) is 0 Å². The predicted octanol–water partition coefficient (Wildman–Crippen LogP) is 2.37. The number of pyridine rings is 1. The maximum Gasteiger partial charge on any atom is 0.241 e. The Hall–Kier alpha value is -1.20. The molecule has 1 atom stereocenters. The van der Waals surface area contributed by atoms with Gasteiger partial charge in [0, 0.05) is 13.6 Å². The smallest absolute Gasteiger partial charge is 0.241 e. The zero-order valence-electron chi connectivity index (χ0n) is 10.5. The molecule has 1 aromatic rings. The van der Waals surface area contributed by atoms with E-state index in [1.807, 2.05) is 6.92 Å². The van der Waals surface area contributed by atoms with Crippen LogP contribution in [-0.2, 0) is 4.79 Å². The SMILES string of the molecule is CCNc1nc(NC(C)C(=O)NC)c(Cl)cc1Cl. The number of likely N-dealkylation sites (N-methyl/N-ethyl adjacent to an activating group) is 1. The third kappa shape index (κ3) is 3.65. The van der Waals surface area contributed by atoms with Gasteiger partial charge in [-0.05, 0) is 19.9 Å². The molecule has 0 saturated carbocycles. The van der Waals surface area contributed by atoms with E-state index < -0.39 is 6.04 Å². The van der Waals surface area contributed by atoms with Crippen molar-refractivity contribution in [3.63, 3.8) is 0 Å². The highest BCUT2D eigenvalue weighted by atomic mass is 35.5. The Labute approximate surface area is 116 Å². The molecule has 5 nitrogen and oxygen atoms in total. The molecule has 7 heteroatoms. The second kappa shape index (κ2) is 6.66. The summed E-state index contributed by atoms with van der Waals surface area (Å²) in [6.45, 7) is 4.35. The first kappa shape index (κ1) is 14.9. The van der Waals surface area contributed by atoms with Crippen LogP contribution in [0.15, 0.2) is 6.07 Å². The van der Waals surface area contributed by atoms with E-state index in [2.05, 4.69) is 20.9 Å². The summed E-state index contributed by atoms with van der Waals surface area (Å²) in [4.78, 5) is 15.7. The van der Waals surface area contributed by atoms with Gasteiger partial charge < -0.3 is 16.0 Å². The summed E-state index contributed by atoms with van der Waals surface area (Å²) in [6.07, 6.45) is 0. The van der Waals surface area contributed by atoms with Crippen molar-refractivity contribution in [1.82, 2.24) is 10.3 Å². The minimum Gasteiger partial charge on any atom is -0.369 e. The Kier molecular flexibility index (Phi) is 5.50. The summed E-state index contributed by atoms with van der Waals surface area (Å²) < 4.78 is 0. The quantitative estimate of drug-likeness (QED) is 0.779. The molecule has 0 aromatic carbocycles. The average Bonchev–Trinajstić information content (AvgIpc) is 2.34. The maximum atomic E-state index is 11.4. The van der Waals surface area contributed by atoms with Crippen LogP contribution < -0.4 is 16.0 Å². The van der Waals surface area contributed by atoms with Gasteiger partial charge in [0.1, 0.15) is 17.7 Å². The molecule has 0 aliphatic heterocycles. The zero-order chi connectivity index (χ0) is 13.7. The van der Waals surface area contributed by atoms with Gasteiger partial charge >= 0.3 is 0 Å². The Morgan fingerprint density at radius 3 is 2.56 bits per heavy atom. The Morgan fingerprint density at radius 2 is 2.00 bits per heavy atom. The molecule has 0 aliphatic rings. The number of hydrogen-bond acceptors (Lipinski definition) is 4. The van der Waals surface area contributed by atoms with Crippen LogP contribution in [0.3, 0.4) is 0 Å². The van der Waals surface area contributed by atoms with Gasteiger partial charge in [0.15, 0.2) is 0 Å². The maximum absolute atomic E-state index is 11.4. The first-order valence-electron chi connectivity index (χ1n) is 5.57. The van der Waals surface area contributed by atoms with E-state index in [1.165, 1.54) is 0 Å². The number of nitrogens with one attached hydrogen (secondary N) is 3. The lowest BCUT2D eigenvalue weighted by molar-refractivity contribution is -0.121. The van der Waals surface area contributed by atoms with Crippen LogP contribution in [-0.4, -0.2) is 30.5 Å². The normalized spacial score (nSPS) is 11.8. The highest BCUT2D eigenvalue weighted by molar-refractivity contribution is 6.37. The summed E-state index contributed by atoms with van der Waals surface area (Å²) in [5.41, 5.74) is 0. The summed E-state index contributed by atoms with van der Waals surface area (Å²) in [6, 6.07) is 1.16. The first-order valence-corrected chi connectivity index (χ1v) is 6.33. The number of rotatable bonds is 5. The van der Waals surface area contributed by atoms with E-state index in [0.29, 0.717) is 28.2 Å². The average molecular weight is 291 g/mol. The van der Waals surface area contributed by atoms with Crippen LogP contribution in [0.5, 0.6) is 0 Å². The third-order valence-corrected chi connectivity index (χ3v) is 2.84. The number of nitrogens with zero attached hydrogens (tertiary/aromatic N) is 1. The van der Waals surface area contributed by atoms with Crippen molar-refractivity contribution in [3.05, 3.63) is 16.1 Å². The molecule has 1 amide bonds. The van der Waals surface area contributed by atoms with Crippen molar-refractivity contribution < 1.29 is 4.79 Å². The topological polar surface area (TPSA) is 66.0 Å². The van der Waals surface area contributed by atoms with Gasteiger partial charge in [0.2, 0.25) is 5.91 Å². The molecular formula is C11H16Cl2N4O. The molecule has 1 rings (SSSR count). The number of anilines is 2. The second-order valence-electron chi connectivity index (χ2n) is 3.66. The number of amides is 1. The number of carbonyl (C=O) groups excluding carboxylic acids is 1. The van der Waals surface area contributed by atoms with E-state index in [1.54, 1.807) is 20.0 Å². The Bertz CT molecular complexity index is 439. The highest BCUT2D eigenvalue weighted by Gasteiger charge is 2.15. The van der Waals surface area contributed by atoms with Gasteiger partial charge in [-0.15, -0.1) is 0 Å². The fourth-order valence-electron chi connectivity index (χ4n) is 1.35. The van der Waals surface area contributed by atoms with E-state index >= 15 is 0 Å². The summed E-state index contributed by atoms with van der Waals surface area (Å²) in [5, 5.41) is 9.31. The second-order valence-corrected chi connectivity index (χ2v) is 4.47. The summed E-state index contributed by atoms with van der Waals surface area (Å²) >= 11 is 12.0. The van der Waals surface area contributed by atoms with E-state index in [4.69, 9.17) is 23.2 Å². The largest absolute Gasteiger partial charge is 0.369 e. The summed E-state index contributed by atoms with van der Waals surface area (Å²) in [5.74, 6) is 0.816. The van der Waals surface area contributed by atoms with Crippen LogP contribution in [0.4, 0.5) is 11.6 Å². The molecule has 0 bridgehead atoms. The van der Waals surface area contributed by atoms with Crippen LogP contribution in [0.25, 0.3) is 0 Å². The van der Waals surface area contributed by atoms with Gasteiger partial charge in [-0.3, -0.25) is 4.79 Å². The number of carbonyl (C=O) groups is 1. The van der Waals surface area contributed by atoms with Crippen molar-refractivity contribution in [2.75, 3.05) is 24.2 Å². The van der Waals surface area contributed by atoms with Crippen LogP contribution in [0, 0.1) is 0 Å². The van der Waals surface area contributed by atoms with Crippen LogP contribution >= 0.6 is 23.2 Å². The van der Waals surface area contributed by atoms with Crippen molar-refractivity contribution >= 4 is 40.7 Å². The minimum atomic E-state index is -0.435. The monoisotopic (exact) mass is 290 g/mol. The van der Waals surface area contributed by atoms with Crippen LogP contribution in [0.1, 0.15) is 13.8 Å². The number of hydrogen-bond donors (Lipinski definition) is 3. The molecule has 0 spiro atoms. The first-order chi connectivity index (χ1) is 8.49. The van der Waals surface area contributed by atoms with Crippen LogP contribution in [0.2, 0.25) is 10.0 Å². The van der Waals surface area contributed by atoms with Gasteiger partial charge in [-0.2, -0.15) is 0 Å².